The fourth-order valence-corrected chi connectivity index (χ4v) is 3.17. The van der Waals surface area contributed by atoms with E-state index in [0.717, 1.165) is 25.3 Å². The maximum Gasteiger partial charge on any atom is 0.274 e. The van der Waals surface area contributed by atoms with Crippen molar-refractivity contribution in [1.29, 1.82) is 0 Å². The number of nitrogens with one attached hydrogen (secondary N) is 1. The first-order valence-electron chi connectivity index (χ1n) is 5.46. The minimum Gasteiger partial charge on any atom is -0.303 e. The lowest BCUT2D eigenvalue weighted by molar-refractivity contribution is 0.146. The van der Waals surface area contributed by atoms with Gasteiger partial charge in [0.15, 0.2) is 0 Å². The number of hydrogen-bond donors (Lipinski definition) is 2. The monoisotopic (exact) mass is 233 g/mol. The molecule has 1 aliphatic heterocycles. The first-order chi connectivity index (χ1) is 6.96. The molecule has 2 atom stereocenters. The lowest BCUT2D eigenvalue weighted by atomic mass is 9.95. The molecule has 3 N–H and O–H groups in total. The second-order valence-electron chi connectivity index (χ2n) is 4.77. The lowest BCUT2D eigenvalue weighted by Gasteiger charge is -2.37. The van der Waals surface area contributed by atoms with Crippen molar-refractivity contribution in [1.82, 2.24) is 9.62 Å². The van der Waals surface area contributed by atoms with Gasteiger partial charge in [-0.1, -0.05) is 0 Å². The van der Waals surface area contributed by atoms with Crippen LogP contribution in [-0.4, -0.2) is 39.0 Å². The van der Waals surface area contributed by atoms with E-state index in [9.17, 15) is 8.42 Å². The van der Waals surface area contributed by atoms with E-state index in [4.69, 9.17) is 5.14 Å². The average Bonchev–Trinajstić information content (AvgIpc) is 2.88. The summed E-state index contributed by atoms with van der Waals surface area (Å²) < 4.78 is 24.4. The summed E-state index contributed by atoms with van der Waals surface area (Å²) in [5.41, 5.74) is 0. The number of nitrogens with zero attached hydrogens (tertiary/aromatic N) is 1. The predicted molar refractivity (Wildman–Crippen MR) is 58.4 cm³/mol. The Morgan fingerprint density at radius 3 is 2.53 bits per heavy atom. The number of piperidine rings is 1. The lowest BCUT2D eigenvalue weighted by Crippen LogP contribution is -2.50. The molecule has 6 heteroatoms. The van der Waals surface area contributed by atoms with E-state index < -0.39 is 10.2 Å². The topological polar surface area (TPSA) is 75.4 Å². The van der Waals surface area contributed by atoms with Gasteiger partial charge in [0, 0.05) is 12.1 Å². The van der Waals surface area contributed by atoms with Gasteiger partial charge in [-0.25, -0.2) is 5.14 Å². The van der Waals surface area contributed by atoms with Gasteiger partial charge < -0.3 is 4.90 Å². The molecule has 5 nitrogen and oxygen atoms in total. The van der Waals surface area contributed by atoms with Gasteiger partial charge in [-0.2, -0.15) is 13.1 Å². The zero-order valence-corrected chi connectivity index (χ0v) is 9.83. The molecule has 0 bridgehead atoms. The third-order valence-electron chi connectivity index (χ3n) is 3.42. The fourth-order valence-electron chi connectivity index (χ4n) is 2.49. The number of hydrogen-bond acceptors (Lipinski definition) is 3. The van der Waals surface area contributed by atoms with Crippen molar-refractivity contribution in [2.75, 3.05) is 13.6 Å². The van der Waals surface area contributed by atoms with E-state index in [1.807, 2.05) is 0 Å². The molecule has 2 unspecified atom stereocenters. The van der Waals surface area contributed by atoms with Crippen molar-refractivity contribution < 1.29 is 8.42 Å². The van der Waals surface area contributed by atoms with Gasteiger partial charge in [0.1, 0.15) is 0 Å². The molecule has 2 rings (SSSR count). The largest absolute Gasteiger partial charge is 0.303 e. The summed E-state index contributed by atoms with van der Waals surface area (Å²) in [5, 5.41) is 4.99. The van der Waals surface area contributed by atoms with Gasteiger partial charge in [0.05, 0.1) is 0 Å². The molecule has 2 aliphatic rings. The van der Waals surface area contributed by atoms with E-state index in [1.165, 1.54) is 12.8 Å². The van der Waals surface area contributed by atoms with Crippen LogP contribution >= 0.6 is 0 Å². The van der Waals surface area contributed by atoms with Crippen LogP contribution in [0.5, 0.6) is 0 Å². The van der Waals surface area contributed by atoms with E-state index >= 15 is 0 Å². The highest BCUT2D eigenvalue weighted by Gasteiger charge is 2.38. The van der Waals surface area contributed by atoms with Gasteiger partial charge in [-0.05, 0) is 45.2 Å². The summed E-state index contributed by atoms with van der Waals surface area (Å²) in [6, 6.07) is 0.569. The molecule has 15 heavy (non-hydrogen) atoms. The highest BCUT2D eigenvalue weighted by molar-refractivity contribution is 7.87. The number of likely N-dealkylation sites (tertiary alicyclic amines) is 1. The van der Waals surface area contributed by atoms with Gasteiger partial charge in [-0.15, -0.1) is 0 Å². The Balaban J connectivity index is 1.93. The molecule has 1 saturated heterocycles. The normalized spacial score (nSPS) is 34.3. The van der Waals surface area contributed by atoms with Gasteiger partial charge in [-0.3, -0.25) is 0 Å². The Hall–Kier alpha value is -0.170. The summed E-state index contributed by atoms with van der Waals surface area (Å²) in [5.74, 6) is 0.778. The van der Waals surface area contributed by atoms with Crippen molar-refractivity contribution >= 4 is 10.2 Å². The van der Waals surface area contributed by atoms with Crippen LogP contribution in [0.25, 0.3) is 0 Å². The van der Waals surface area contributed by atoms with E-state index in [0.29, 0.717) is 6.04 Å². The Labute approximate surface area is 91.2 Å². The average molecular weight is 233 g/mol. The third kappa shape index (κ3) is 3.14. The van der Waals surface area contributed by atoms with Crippen molar-refractivity contribution in [2.24, 2.45) is 11.1 Å². The Kier molecular flexibility index (Phi) is 3.03. The molecule has 1 aliphatic carbocycles. The summed E-state index contributed by atoms with van der Waals surface area (Å²) >= 11 is 0. The molecule has 0 amide bonds. The molecule has 1 heterocycles. The summed E-state index contributed by atoms with van der Waals surface area (Å²) in [6.45, 7) is 0.953. The highest BCUT2D eigenvalue weighted by atomic mass is 32.2. The van der Waals surface area contributed by atoms with Crippen molar-refractivity contribution in [3.63, 3.8) is 0 Å². The summed E-state index contributed by atoms with van der Waals surface area (Å²) in [4.78, 5) is 2.35. The van der Waals surface area contributed by atoms with Gasteiger partial charge in [0.25, 0.3) is 10.2 Å². The molecule has 88 valence electrons. The first kappa shape index (κ1) is 11.3. The van der Waals surface area contributed by atoms with Crippen molar-refractivity contribution in [2.45, 2.75) is 37.8 Å². The first-order valence-corrected chi connectivity index (χ1v) is 7.00. The zero-order chi connectivity index (χ0) is 11.1. The highest BCUT2D eigenvalue weighted by Crippen LogP contribution is 2.38. The smallest absolute Gasteiger partial charge is 0.274 e. The Bertz CT molecular complexity index is 326. The van der Waals surface area contributed by atoms with E-state index in [-0.39, 0.29) is 6.04 Å². The van der Waals surface area contributed by atoms with Crippen LogP contribution in [0.2, 0.25) is 0 Å². The van der Waals surface area contributed by atoms with E-state index in [2.05, 4.69) is 16.7 Å². The SMILES string of the molecule is CN1CCC(NS(N)(=O)=O)CC1C1CC1. The molecule has 0 radical (unpaired) electrons. The second-order valence-corrected chi connectivity index (χ2v) is 6.10. The minimum atomic E-state index is -3.54. The van der Waals surface area contributed by atoms with Crippen molar-refractivity contribution in [3.05, 3.63) is 0 Å². The number of rotatable bonds is 3. The molecular weight excluding hydrogens is 214 g/mol. The van der Waals surface area contributed by atoms with Crippen LogP contribution in [0.4, 0.5) is 0 Å². The van der Waals surface area contributed by atoms with Crippen molar-refractivity contribution in [3.8, 4) is 0 Å². The second kappa shape index (κ2) is 4.01. The Morgan fingerprint density at radius 1 is 1.33 bits per heavy atom. The molecule has 2 fully saturated rings. The standard InChI is InChI=1S/C9H19N3O2S/c1-12-5-4-8(11-15(10,13)14)6-9(12)7-2-3-7/h7-9,11H,2-6H2,1H3,(H2,10,13,14). The van der Waals surface area contributed by atoms with Crippen LogP contribution < -0.4 is 9.86 Å². The molecule has 1 saturated carbocycles. The minimum absolute atomic E-state index is 0.0294. The van der Waals surface area contributed by atoms with Crippen LogP contribution in [0.1, 0.15) is 25.7 Å². The zero-order valence-electron chi connectivity index (χ0n) is 9.02. The molecule has 0 spiro atoms. The van der Waals surface area contributed by atoms with Gasteiger partial charge in [0.2, 0.25) is 0 Å². The van der Waals surface area contributed by atoms with Crippen LogP contribution in [-0.2, 0) is 10.2 Å². The molecular formula is C9H19N3O2S. The van der Waals surface area contributed by atoms with Gasteiger partial charge >= 0.3 is 0 Å². The summed E-state index contributed by atoms with van der Waals surface area (Å²) in [6.07, 6.45) is 4.34. The third-order valence-corrected chi connectivity index (χ3v) is 4.08. The van der Waals surface area contributed by atoms with Crippen LogP contribution in [0, 0.1) is 5.92 Å². The Morgan fingerprint density at radius 2 is 2.00 bits per heavy atom. The number of nitrogens with two attached hydrogens (primary N) is 1. The molecule has 0 aromatic heterocycles. The predicted octanol–water partition coefficient (Wildman–Crippen LogP) is -0.348. The quantitative estimate of drug-likeness (QED) is 0.700. The summed E-state index contributed by atoms with van der Waals surface area (Å²) in [7, 11) is -1.42. The molecule has 0 aromatic rings. The van der Waals surface area contributed by atoms with Crippen LogP contribution in [0.15, 0.2) is 0 Å². The fraction of sp³-hybridized carbons (Fsp3) is 1.00. The molecule has 0 aromatic carbocycles. The maximum atomic E-state index is 10.9. The van der Waals surface area contributed by atoms with E-state index in [1.54, 1.807) is 0 Å². The van der Waals surface area contributed by atoms with Crippen LogP contribution in [0.3, 0.4) is 0 Å². The maximum absolute atomic E-state index is 10.9.